The Morgan fingerprint density at radius 2 is 1.90 bits per heavy atom. The maximum atomic E-state index is 12.9. The summed E-state index contributed by atoms with van der Waals surface area (Å²) in [5, 5.41) is 6.30. The minimum atomic E-state index is 0. The standard InChI is InChI=1S/C24H29N3O2.ClH/c28-23(12-9-19-13-14-25-17-19)26-21-10-7-18(8-11-21)16-24(29)27-15-3-5-20-4-1-2-6-22(20)27;/h1-2,4,6-8,10-11,19,25H,3,5,9,12-17H2,(H,26,28);1H. The topological polar surface area (TPSA) is 61.4 Å². The fourth-order valence-electron chi connectivity index (χ4n) is 4.29. The van der Waals surface area contributed by atoms with Crippen molar-refractivity contribution in [3.63, 3.8) is 0 Å². The molecule has 0 spiro atoms. The van der Waals surface area contributed by atoms with Crippen molar-refractivity contribution in [1.29, 1.82) is 0 Å². The lowest BCUT2D eigenvalue weighted by atomic mass is 10.0. The SMILES string of the molecule is Cl.O=C(CCC1CCNC1)Nc1ccc(CC(=O)N2CCCc3ccccc32)cc1. The molecular weight excluding hydrogens is 398 g/mol. The first-order valence-corrected chi connectivity index (χ1v) is 10.7. The number of hydrogen-bond acceptors (Lipinski definition) is 3. The second kappa shape index (κ2) is 10.6. The van der Waals surface area contributed by atoms with Crippen LogP contribution in [0.4, 0.5) is 11.4 Å². The van der Waals surface area contributed by atoms with E-state index in [1.807, 2.05) is 47.4 Å². The van der Waals surface area contributed by atoms with Crippen LogP contribution in [-0.2, 0) is 22.4 Å². The number of nitrogens with zero attached hydrogens (tertiary/aromatic N) is 1. The summed E-state index contributed by atoms with van der Waals surface area (Å²) in [6.45, 7) is 2.87. The first-order chi connectivity index (χ1) is 14.2. The molecule has 6 heteroatoms. The van der Waals surface area contributed by atoms with Crippen molar-refractivity contribution in [1.82, 2.24) is 5.32 Å². The van der Waals surface area contributed by atoms with Crippen molar-refractivity contribution < 1.29 is 9.59 Å². The van der Waals surface area contributed by atoms with E-state index >= 15 is 0 Å². The van der Waals surface area contributed by atoms with Crippen LogP contribution in [0, 0.1) is 5.92 Å². The van der Waals surface area contributed by atoms with E-state index < -0.39 is 0 Å². The number of rotatable bonds is 6. The van der Waals surface area contributed by atoms with E-state index in [0.29, 0.717) is 18.8 Å². The number of anilines is 2. The minimum Gasteiger partial charge on any atom is -0.326 e. The van der Waals surface area contributed by atoms with Crippen molar-refractivity contribution in [3.8, 4) is 0 Å². The zero-order chi connectivity index (χ0) is 20.1. The van der Waals surface area contributed by atoms with Crippen LogP contribution in [0.5, 0.6) is 0 Å². The van der Waals surface area contributed by atoms with Gasteiger partial charge in [0.05, 0.1) is 6.42 Å². The number of fused-ring (bicyclic) bond motifs is 1. The average molecular weight is 428 g/mol. The minimum absolute atomic E-state index is 0. The van der Waals surface area contributed by atoms with Crippen LogP contribution in [0.25, 0.3) is 0 Å². The highest BCUT2D eigenvalue weighted by atomic mass is 35.5. The highest BCUT2D eigenvalue weighted by Gasteiger charge is 2.22. The largest absolute Gasteiger partial charge is 0.326 e. The van der Waals surface area contributed by atoms with Gasteiger partial charge in [-0.25, -0.2) is 0 Å². The monoisotopic (exact) mass is 427 g/mol. The smallest absolute Gasteiger partial charge is 0.231 e. The molecule has 2 aromatic rings. The number of amides is 2. The summed E-state index contributed by atoms with van der Waals surface area (Å²) >= 11 is 0. The quantitative estimate of drug-likeness (QED) is 0.733. The summed E-state index contributed by atoms with van der Waals surface area (Å²) in [7, 11) is 0. The summed E-state index contributed by atoms with van der Waals surface area (Å²) < 4.78 is 0. The van der Waals surface area contributed by atoms with E-state index in [4.69, 9.17) is 0 Å². The summed E-state index contributed by atoms with van der Waals surface area (Å²) in [4.78, 5) is 26.9. The zero-order valence-corrected chi connectivity index (χ0v) is 18.0. The second-order valence-electron chi connectivity index (χ2n) is 8.10. The van der Waals surface area contributed by atoms with Crippen molar-refractivity contribution in [2.45, 2.75) is 38.5 Å². The van der Waals surface area contributed by atoms with Gasteiger partial charge in [-0.2, -0.15) is 0 Å². The van der Waals surface area contributed by atoms with Crippen LogP contribution in [-0.4, -0.2) is 31.4 Å². The highest BCUT2D eigenvalue weighted by Crippen LogP contribution is 2.27. The second-order valence-corrected chi connectivity index (χ2v) is 8.10. The molecule has 1 fully saturated rings. The van der Waals surface area contributed by atoms with Gasteiger partial charge in [0.1, 0.15) is 0 Å². The Bertz CT molecular complexity index is 863. The van der Waals surface area contributed by atoms with Gasteiger partial charge >= 0.3 is 0 Å². The van der Waals surface area contributed by atoms with E-state index in [2.05, 4.69) is 16.7 Å². The molecule has 2 heterocycles. The van der Waals surface area contributed by atoms with Gasteiger partial charge in [0.25, 0.3) is 0 Å². The van der Waals surface area contributed by atoms with E-state index in [1.165, 1.54) is 5.56 Å². The lowest BCUT2D eigenvalue weighted by molar-refractivity contribution is -0.118. The number of benzene rings is 2. The summed E-state index contributed by atoms with van der Waals surface area (Å²) in [5.74, 6) is 0.804. The normalized spacial score (nSPS) is 17.7. The molecule has 2 N–H and O–H groups in total. The first kappa shape index (κ1) is 22.3. The molecular formula is C24H30ClN3O2. The molecule has 0 radical (unpaired) electrons. The zero-order valence-electron chi connectivity index (χ0n) is 17.2. The maximum absolute atomic E-state index is 12.9. The van der Waals surface area contributed by atoms with Crippen LogP contribution in [0.1, 0.15) is 36.8 Å². The van der Waals surface area contributed by atoms with Crippen LogP contribution in [0.3, 0.4) is 0 Å². The molecule has 5 nitrogen and oxygen atoms in total. The van der Waals surface area contributed by atoms with Gasteiger partial charge in [-0.15, -0.1) is 12.4 Å². The molecule has 0 aliphatic carbocycles. The third-order valence-corrected chi connectivity index (χ3v) is 5.95. The Balaban J connectivity index is 0.00000256. The summed E-state index contributed by atoms with van der Waals surface area (Å²) in [6, 6.07) is 15.8. The van der Waals surface area contributed by atoms with Crippen LogP contribution < -0.4 is 15.5 Å². The Morgan fingerprint density at radius 3 is 2.67 bits per heavy atom. The molecule has 30 heavy (non-hydrogen) atoms. The van der Waals surface area contributed by atoms with Crippen LogP contribution >= 0.6 is 12.4 Å². The van der Waals surface area contributed by atoms with E-state index in [0.717, 1.165) is 62.3 Å². The molecule has 1 unspecified atom stereocenters. The number of carbonyl (C=O) groups is 2. The Labute approximate surface area is 184 Å². The molecule has 0 aromatic heterocycles. The Morgan fingerprint density at radius 1 is 1.10 bits per heavy atom. The van der Waals surface area contributed by atoms with Crippen molar-refractivity contribution in [3.05, 3.63) is 59.7 Å². The lowest BCUT2D eigenvalue weighted by Crippen LogP contribution is -2.36. The summed E-state index contributed by atoms with van der Waals surface area (Å²) in [5.41, 5.74) is 4.05. The van der Waals surface area contributed by atoms with Gasteiger partial charge in [-0.1, -0.05) is 30.3 Å². The number of halogens is 1. The van der Waals surface area contributed by atoms with Gasteiger partial charge in [-0.05, 0) is 74.0 Å². The van der Waals surface area contributed by atoms with Gasteiger partial charge in [-0.3, -0.25) is 9.59 Å². The highest BCUT2D eigenvalue weighted by molar-refractivity contribution is 5.96. The molecule has 2 amide bonds. The Kier molecular flexibility index (Phi) is 7.88. The number of carbonyl (C=O) groups excluding carboxylic acids is 2. The number of aryl methyl sites for hydroxylation is 1. The predicted octanol–water partition coefficient (Wildman–Crippen LogP) is 3.96. The number of para-hydroxylation sites is 1. The molecule has 2 aromatic carbocycles. The van der Waals surface area contributed by atoms with E-state index in [-0.39, 0.29) is 24.2 Å². The molecule has 160 valence electrons. The lowest BCUT2D eigenvalue weighted by Gasteiger charge is -2.29. The fraction of sp³-hybridized carbons (Fsp3) is 0.417. The predicted molar refractivity (Wildman–Crippen MR) is 123 cm³/mol. The molecule has 1 atom stereocenters. The molecule has 0 saturated carbocycles. The van der Waals surface area contributed by atoms with Crippen molar-refractivity contribution >= 4 is 35.6 Å². The van der Waals surface area contributed by atoms with Crippen molar-refractivity contribution in [2.75, 3.05) is 29.9 Å². The third-order valence-electron chi connectivity index (χ3n) is 5.95. The maximum Gasteiger partial charge on any atom is 0.231 e. The van der Waals surface area contributed by atoms with Gasteiger partial charge < -0.3 is 15.5 Å². The van der Waals surface area contributed by atoms with Gasteiger partial charge in [0.2, 0.25) is 11.8 Å². The van der Waals surface area contributed by atoms with Gasteiger partial charge in [0, 0.05) is 24.3 Å². The number of hydrogen-bond donors (Lipinski definition) is 2. The molecule has 4 rings (SSSR count). The molecule has 2 aliphatic rings. The molecule has 2 aliphatic heterocycles. The fourth-order valence-corrected chi connectivity index (χ4v) is 4.29. The molecule has 0 bridgehead atoms. The first-order valence-electron chi connectivity index (χ1n) is 10.7. The molecule has 1 saturated heterocycles. The van der Waals surface area contributed by atoms with E-state index in [9.17, 15) is 9.59 Å². The van der Waals surface area contributed by atoms with Crippen LogP contribution in [0.2, 0.25) is 0 Å². The Hall–Kier alpha value is -2.37. The number of nitrogens with one attached hydrogen (secondary N) is 2. The van der Waals surface area contributed by atoms with Crippen molar-refractivity contribution in [2.24, 2.45) is 5.92 Å². The average Bonchev–Trinajstić information content (AvgIpc) is 3.27. The summed E-state index contributed by atoms with van der Waals surface area (Å²) in [6.07, 6.45) is 5.06. The van der Waals surface area contributed by atoms with Crippen LogP contribution in [0.15, 0.2) is 48.5 Å². The van der Waals surface area contributed by atoms with E-state index in [1.54, 1.807) is 0 Å². The third kappa shape index (κ3) is 5.61. The van der Waals surface area contributed by atoms with Gasteiger partial charge in [0.15, 0.2) is 0 Å².